The first-order valence-corrected chi connectivity index (χ1v) is 8.80. The summed E-state index contributed by atoms with van der Waals surface area (Å²) in [5.41, 5.74) is 4.17. The van der Waals surface area contributed by atoms with Gasteiger partial charge in [-0.3, -0.25) is 9.78 Å². The van der Waals surface area contributed by atoms with E-state index in [-0.39, 0.29) is 5.91 Å². The van der Waals surface area contributed by atoms with Crippen molar-refractivity contribution in [2.75, 3.05) is 4.90 Å². The molecule has 0 saturated carbocycles. The molecule has 26 heavy (non-hydrogen) atoms. The van der Waals surface area contributed by atoms with E-state index in [1.54, 1.807) is 24.7 Å². The van der Waals surface area contributed by atoms with Crippen LogP contribution in [0.25, 0.3) is 0 Å². The number of rotatable bonds is 5. The molecule has 3 aromatic rings. The van der Waals surface area contributed by atoms with Crippen molar-refractivity contribution in [3.63, 3.8) is 0 Å². The second kappa shape index (κ2) is 7.04. The Morgan fingerprint density at radius 3 is 2.88 bits per heavy atom. The van der Waals surface area contributed by atoms with Crippen LogP contribution in [0.3, 0.4) is 0 Å². The Labute approximate surface area is 152 Å². The first kappa shape index (κ1) is 16.4. The second-order valence-electron chi connectivity index (χ2n) is 6.61. The highest BCUT2D eigenvalue weighted by Gasteiger charge is 2.27. The van der Waals surface area contributed by atoms with Gasteiger partial charge in [0.15, 0.2) is 0 Å². The Morgan fingerprint density at radius 1 is 1.23 bits per heavy atom. The predicted molar refractivity (Wildman–Crippen MR) is 99.9 cm³/mol. The highest BCUT2D eigenvalue weighted by Crippen LogP contribution is 2.33. The lowest BCUT2D eigenvalue weighted by Gasteiger charge is -2.24. The molecule has 0 fully saturated rings. The molecule has 1 aliphatic rings. The molecule has 1 aromatic carbocycles. The molecule has 4 rings (SSSR count). The van der Waals surface area contributed by atoms with Gasteiger partial charge < -0.3 is 14.6 Å². The summed E-state index contributed by atoms with van der Waals surface area (Å²) >= 11 is 0. The van der Waals surface area contributed by atoms with Crippen LogP contribution in [-0.4, -0.2) is 16.9 Å². The Morgan fingerprint density at radius 2 is 2.04 bits per heavy atom. The topological polar surface area (TPSA) is 58.4 Å². The molecule has 0 unspecified atom stereocenters. The SMILES string of the molecule is C[C@@H]1Cc2ccccc2N1Cc1occc1C(=O)NCc1ccncc1. The van der Waals surface area contributed by atoms with E-state index in [1.807, 2.05) is 18.2 Å². The van der Waals surface area contributed by atoms with Gasteiger partial charge >= 0.3 is 0 Å². The normalized spacial score (nSPS) is 15.7. The van der Waals surface area contributed by atoms with E-state index in [4.69, 9.17) is 4.42 Å². The van der Waals surface area contributed by atoms with Crippen LogP contribution < -0.4 is 10.2 Å². The number of para-hydroxylation sites is 1. The van der Waals surface area contributed by atoms with Crippen LogP contribution in [0.2, 0.25) is 0 Å². The Hall–Kier alpha value is -3.08. The van der Waals surface area contributed by atoms with Gasteiger partial charge in [-0.05, 0) is 48.7 Å². The van der Waals surface area contributed by atoms with E-state index in [9.17, 15) is 4.79 Å². The zero-order chi connectivity index (χ0) is 17.9. The standard InChI is InChI=1S/C21H21N3O2/c1-15-12-17-4-2-3-5-19(17)24(15)14-20-18(8-11-26-20)21(25)23-13-16-6-9-22-10-7-16/h2-11,15H,12-14H2,1H3,(H,23,25)/t15-/m1/s1. The smallest absolute Gasteiger partial charge is 0.255 e. The monoisotopic (exact) mass is 347 g/mol. The minimum absolute atomic E-state index is 0.120. The van der Waals surface area contributed by atoms with Crippen molar-refractivity contribution in [1.82, 2.24) is 10.3 Å². The highest BCUT2D eigenvalue weighted by atomic mass is 16.3. The quantitative estimate of drug-likeness (QED) is 0.767. The van der Waals surface area contributed by atoms with Gasteiger partial charge in [0.2, 0.25) is 0 Å². The zero-order valence-corrected chi connectivity index (χ0v) is 14.7. The van der Waals surface area contributed by atoms with Crippen molar-refractivity contribution < 1.29 is 9.21 Å². The maximum absolute atomic E-state index is 12.6. The molecular weight excluding hydrogens is 326 g/mol. The van der Waals surface area contributed by atoms with Crippen molar-refractivity contribution in [3.05, 3.63) is 83.6 Å². The molecule has 0 spiro atoms. The van der Waals surface area contributed by atoms with Gasteiger partial charge in [0.1, 0.15) is 5.76 Å². The Kier molecular flexibility index (Phi) is 4.44. The molecule has 0 bridgehead atoms. The van der Waals surface area contributed by atoms with E-state index in [2.05, 4.69) is 40.3 Å². The summed E-state index contributed by atoms with van der Waals surface area (Å²) in [6, 6.07) is 14.3. The maximum atomic E-state index is 12.6. The lowest BCUT2D eigenvalue weighted by molar-refractivity contribution is 0.0949. The van der Waals surface area contributed by atoms with Crippen LogP contribution in [0.15, 0.2) is 65.5 Å². The molecule has 1 aliphatic heterocycles. The highest BCUT2D eigenvalue weighted by molar-refractivity contribution is 5.95. The average Bonchev–Trinajstić information content (AvgIpc) is 3.26. The van der Waals surface area contributed by atoms with Crippen molar-refractivity contribution in [3.8, 4) is 0 Å². The number of nitrogens with one attached hydrogen (secondary N) is 1. The van der Waals surface area contributed by atoms with E-state index >= 15 is 0 Å². The lowest BCUT2D eigenvalue weighted by atomic mass is 10.1. The number of hydrogen-bond acceptors (Lipinski definition) is 4. The van der Waals surface area contributed by atoms with E-state index in [0.717, 1.165) is 12.0 Å². The molecule has 0 radical (unpaired) electrons. The molecule has 1 atom stereocenters. The summed E-state index contributed by atoms with van der Waals surface area (Å²) in [5, 5.41) is 2.95. The van der Waals surface area contributed by atoms with Crippen molar-refractivity contribution in [2.45, 2.75) is 32.5 Å². The van der Waals surface area contributed by atoms with Crippen molar-refractivity contribution >= 4 is 11.6 Å². The third kappa shape index (κ3) is 3.20. The largest absolute Gasteiger partial charge is 0.467 e. The maximum Gasteiger partial charge on any atom is 0.255 e. The number of carbonyl (C=O) groups is 1. The molecule has 3 heterocycles. The summed E-state index contributed by atoms with van der Waals surface area (Å²) in [6.07, 6.45) is 6.04. The predicted octanol–water partition coefficient (Wildman–Crippen LogP) is 3.56. The zero-order valence-electron chi connectivity index (χ0n) is 14.7. The number of pyridine rings is 1. The first-order valence-electron chi connectivity index (χ1n) is 8.80. The van der Waals surface area contributed by atoms with Gasteiger partial charge in [0.25, 0.3) is 5.91 Å². The summed E-state index contributed by atoms with van der Waals surface area (Å²) in [6.45, 7) is 3.25. The molecule has 132 valence electrons. The molecule has 0 saturated heterocycles. The van der Waals surface area contributed by atoms with Crippen LogP contribution in [0.1, 0.15) is 34.2 Å². The second-order valence-corrected chi connectivity index (χ2v) is 6.61. The van der Waals surface area contributed by atoms with Crippen LogP contribution in [-0.2, 0) is 19.5 Å². The molecule has 1 amide bonds. The number of amides is 1. The van der Waals surface area contributed by atoms with E-state index in [1.165, 1.54) is 11.3 Å². The molecule has 1 N–H and O–H groups in total. The Balaban J connectivity index is 1.48. The van der Waals surface area contributed by atoms with Crippen molar-refractivity contribution in [1.29, 1.82) is 0 Å². The van der Waals surface area contributed by atoms with Crippen molar-refractivity contribution in [2.24, 2.45) is 0 Å². The molecule has 0 aliphatic carbocycles. The van der Waals surface area contributed by atoms with Crippen LogP contribution in [0.4, 0.5) is 5.69 Å². The minimum atomic E-state index is -0.120. The fourth-order valence-electron chi connectivity index (χ4n) is 3.47. The minimum Gasteiger partial charge on any atom is -0.467 e. The van der Waals surface area contributed by atoms with Gasteiger partial charge in [-0.25, -0.2) is 0 Å². The number of anilines is 1. The molecule has 5 heteroatoms. The number of benzene rings is 1. The van der Waals surface area contributed by atoms with Crippen LogP contribution >= 0.6 is 0 Å². The number of carbonyl (C=O) groups excluding carboxylic acids is 1. The van der Waals surface area contributed by atoms with Gasteiger partial charge in [-0.2, -0.15) is 0 Å². The van der Waals surface area contributed by atoms with Crippen LogP contribution in [0.5, 0.6) is 0 Å². The fourth-order valence-corrected chi connectivity index (χ4v) is 3.47. The average molecular weight is 347 g/mol. The van der Waals surface area contributed by atoms with E-state index in [0.29, 0.717) is 30.5 Å². The number of hydrogen-bond donors (Lipinski definition) is 1. The lowest BCUT2D eigenvalue weighted by Crippen LogP contribution is -2.30. The number of fused-ring (bicyclic) bond motifs is 1. The number of aromatic nitrogens is 1. The summed E-state index contributed by atoms with van der Waals surface area (Å²) < 4.78 is 5.65. The number of nitrogens with zero attached hydrogens (tertiary/aromatic N) is 2. The van der Waals surface area contributed by atoms with Gasteiger partial charge in [0.05, 0.1) is 18.4 Å². The third-order valence-electron chi connectivity index (χ3n) is 4.85. The molecule has 5 nitrogen and oxygen atoms in total. The summed E-state index contributed by atoms with van der Waals surface area (Å²) in [7, 11) is 0. The van der Waals surface area contributed by atoms with Gasteiger partial charge in [0, 0.05) is 30.7 Å². The third-order valence-corrected chi connectivity index (χ3v) is 4.85. The fraction of sp³-hybridized carbons (Fsp3) is 0.238. The molecular formula is C21H21N3O2. The molecule has 2 aromatic heterocycles. The first-order chi connectivity index (χ1) is 12.7. The van der Waals surface area contributed by atoms with Gasteiger partial charge in [-0.1, -0.05) is 18.2 Å². The summed E-state index contributed by atoms with van der Waals surface area (Å²) in [5.74, 6) is 0.575. The van der Waals surface area contributed by atoms with E-state index < -0.39 is 0 Å². The Bertz CT molecular complexity index is 904. The summed E-state index contributed by atoms with van der Waals surface area (Å²) in [4.78, 5) is 18.9. The van der Waals surface area contributed by atoms with Crippen LogP contribution in [0, 0.1) is 0 Å². The number of furan rings is 1. The van der Waals surface area contributed by atoms with Gasteiger partial charge in [-0.15, -0.1) is 0 Å².